The highest BCUT2D eigenvalue weighted by Crippen LogP contribution is 2.24. The van der Waals surface area contributed by atoms with E-state index < -0.39 is 11.8 Å². The molecule has 1 fully saturated rings. The van der Waals surface area contributed by atoms with Crippen molar-refractivity contribution in [3.05, 3.63) is 29.6 Å². The van der Waals surface area contributed by atoms with E-state index in [1.54, 1.807) is 17.0 Å². The Hall–Kier alpha value is -2.11. The topological polar surface area (TPSA) is 60.9 Å². The molecule has 2 rings (SSSR count). The van der Waals surface area contributed by atoms with Crippen molar-refractivity contribution in [3.8, 4) is 0 Å². The first-order valence-corrected chi connectivity index (χ1v) is 6.05. The Balaban J connectivity index is 2.22. The summed E-state index contributed by atoms with van der Waals surface area (Å²) < 4.78 is 13.8. The lowest BCUT2D eigenvalue weighted by molar-refractivity contribution is -0.136. The second-order valence-corrected chi connectivity index (χ2v) is 4.44. The number of amides is 1. The number of hydrogen-bond acceptors (Lipinski definition) is 3. The molecule has 1 aliphatic heterocycles. The molecule has 1 N–H and O–H groups in total. The van der Waals surface area contributed by atoms with Crippen molar-refractivity contribution < 1.29 is 19.1 Å². The second-order valence-electron chi connectivity index (χ2n) is 4.44. The quantitative estimate of drug-likeness (QED) is 0.816. The molecular formula is C13H15FN2O3. The van der Waals surface area contributed by atoms with Crippen molar-refractivity contribution in [2.45, 2.75) is 6.42 Å². The first-order chi connectivity index (χ1) is 9.11. The van der Waals surface area contributed by atoms with Crippen molar-refractivity contribution in [3.63, 3.8) is 0 Å². The summed E-state index contributed by atoms with van der Waals surface area (Å²) in [6.45, 7) is 2.28. The first-order valence-electron chi connectivity index (χ1n) is 6.05. The van der Waals surface area contributed by atoms with Crippen LogP contribution >= 0.6 is 0 Å². The predicted molar refractivity (Wildman–Crippen MR) is 67.6 cm³/mol. The van der Waals surface area contributed by atoms with Gasteiger partial charge in [0, 0.05) is 37.4 Å². The maximum Gasteiger partial charge on any atom is 0.308 e. The third kappa shape index (κ3) is 3.01. The summed E-state index contributed by atoms with van der Waals surface area (Å²) >= 11 is 0. The van der Waals surface area contributed by atoms with Gasteiger partial charge in [-0.1, -0.05) is 6.07 Å². The van der Waals surface area contributed by atoms with Crippen LogP contribution in [0.1, 0.15) is 5.56 Å². The number of aliphatic carboxylic acids is 1. The number of carbonyl (C=O) groups is 2. The minimum Gasteiger partial charge on any atom is -0.481 e. The summed E-state index contributed by atoms with van der Waals surface area (Å²) in [6, 6.07) is 4.56. The molecule has 0 saturated carbocycles. The lowest BCUT2D eigenvalue weighted by atomic mass is 10.1. The fourth-order valence-corrected chi connectivity index (χ4v) is 2.24. The molecule has 6 heteroatoms. The molecule has 5 nitrogen and oxygen atoms in total. The normalized spacial score (nSPS) is 15.4. The molecule has 0 radical (unpaired) electrons. The summed E-state index contributed by atoms with van der Waals surface area (Å²) in [5, 5.41) is 8.85. The Labute approximate surface area is 110 Å². The van der Waals surface area contributed by atoms with Gasteiger partial charge in [-0.25, -0.2) is 4.39 Å². The summed E-state index contributed by atoms with van der Waals surface area (Å²) in [5.74, 6) is -1.56. The zero-order valence-electron chi connectivity index (χ0n) is 10.4. The summed E-state index contributed by atoms with van der Waals surface area (Å²) in [6.07, 6.45) is 0.455. The van der Waals surface area contributed by atoms with Crippen LogP contribution in [-0.4, -0.2) is 48.6 Å². The average molecular weight is 266 g/mol. The molecule has 1 amide bonds. The van der Waals surface area contributed by atoms with Crippen LogP contribution in [0.4, 0.5) is 10.1 Å². The Kier molecular flexibility index (Phi) is 3.99. The van der Waals surface area contributed by atoms with Crippen LogP contribution in [-0.2, 0) is 16.0 Å². The van der Waals surface area contributed by atoms with E-state index in [4.69, 9.17) is 5.11 Å². The maximum atomic E-state index is 13.8. The van der Waals surface area contributed by atoms with Gasteiger partial charge < -0.3 is 14.9 Å². The summed E-state index contributed by atoms with van der Waals surface area (Å²) in [4.78, 5) is 25.0. The smallest absolute Gasteiger partial charge is 0.308 e. The molecule has 1 aliphatic rings. The molecule has 0 atom stereocenters. The zero-order valence-corrected chi connectivity index (χ0v) is 10.4. The van der Waals surface area contributed by atoms with Crippen LogP contribution < -0.4 is 4.90 Å². The van der Waals surface area contributed by atoms with Gasteiger partial charge >= 0.3 is 5.97 Å². The number of carboxylic acid groups (broad SMARTS) is 1. The lowest BCUT2D eigenvalue weighted by Gasteiger charge is -2.35. The number of halogens is 1. The van der Waals surface area contributed by atoms with Gasteiger partial charge in [-0.05, 0) is 12.1 Å². The summed E-state index contributed by atoms with van der Waals surface area (Å²) in [7, 11) is 0. The highest BCUT2D eigenvalue weighted by atomic mass is 19.1. The van der Waals surface area contributed by atoms with Gasteiger partial charge in [0.15, 0.2) is 0 Å². The third-order valence-corrected chi connectivity index (χ3v) is 3.23. The molecule has 1 aromatic rings. The number of anilines is 1. The average Bonchev–Trinajstić information content (AvgIpc) is 2.41. The Bertz CT molecular complexity index is 485. The zero-order chi connectivity index (χ0) is 13.8. The van der Waals surface area contributed by atoms with Crippen molar-refractivity contribution >= 4 is 18.1 Å². The number of hydrogen-bond donors (Lipinski definition) is 1. The van der Waals surface area contributed by atoms with Crippen LogP contribution in [0.25, 0.3) is 0 Å². The second kappa shape index (κ2) is 5.69. The molecule has 0 bridgehead atoms. The highest BCUT2D eigenvalue weighted by molar-refractivity contribution is 5.74. The molecular weight excluding hydrogens is 251 g/mol. The van der Waals surface area contributed by atoms with E-state index in [0.717, 1.165) is 6.41 Å². The van der Waals surface area contributed by atoms with Crippen molar-refractivity contribution in [2.24, 2.45) is 0 Å². The van der Waals surface area contributed by atoms with Crippen LogP contribution in [0.3, 0.4) is 0 Å². The minimum absolute atomic E-state index is 0.203. The van der Waals surface area contributed by atoms with E-state index >= 15 is 0 Å². The first kappa shape index (κ1) is 13.3. The van der Waals surface area contributed by atoms with Crippen LogP contribution in [0, 0.1) is 5.82 Å². The molecule has 1 saturated heterocycles. The van der Waals surface area contributed by atoms with E-state index in [-0.39, 0.29) is 12.0 Å². The molecule has 0 aliphatic carbocycles. The Morgan fingerprint density at radius 2 is 2.00 bits per heavy atom. The van der Waals surface area contributed by atoms with Gasteiger partial charge in [-0.2, -0.15) is 0 Å². The number of benzene rings is 1. The van der Waals surface area contributed by atoms with Crippen molar-refractivity contribution in [1.29, 1.82) is 0 Å². The van der Waals surface area contributed by atoms with E-state index in [1.165, 1.54) is 6.07 Å². The largest absolute Gasteiger partial charge is 0.481 e. The van der Waals surface area contributed by atoms with E-state index in [0.29, 0.717) is 31.9 Å². The highest BCUT2D eigenvalue weighted by Gasteiger charge is 2.20. The Morgan fingerprint density at radius 3 is 2.58 bits per heavy atom. The minimum atomic E-state index is -1.06. The number of carbonyl (C=O) groups excluding carboxylic acids is 1. The predicted octanol–water partition coefficient (Wildman–Crippen LogP) is 0.731. The number of piperazine rings is 1. The fraction of sp³-hybridized carbons (Fsp3) is 0.385. The molecule has 0 unspecified atom stereocenters. The lowest BCUT2D eigenvalue weighted by Crippen LogP contribution is -2.46. The number of carboxylic acids is 1. The molecule has 1 heterocycles. The Morgan fingerprint density at radius 1 is 1.32 bits per heavy atom. The van der Waals surface area contributed by atoms with Gasteiger partial charge in [0.25, 0.3) is 0 Å². The number of nitrogens with zero attached hydrogens (tertiary/aromatic N) is 2. The number of rotatable bonds is 4. The van der Waals surface area contributed by atoms with Gasteiger partial charge in [0.05, 0.1) is 6.42 Å². The van der Waals surface area contributed by atoms with E-state index in [9.17, 15) is 14.0 Å². The van der Waals surface area contributed by atoms with Gasteiger partial charge in [0.2, 0.25) is 6.41 Å². The van der Waals surface area contributed by atoms with Crippen molar-refractivity contribution in [1.82, 2.24) is 4.90 Å². The molecule has 1 aromatic carbocycles. The fourth-order valence-electron chi connectivity index (χ4n) is 2.24. The van der Waals surface area contributed by atoms with Gasteiger partial charge in [-0.15, -0.1) is 0 Å². The maximum absolute atomic E-state index is 13.8. The van der Waals surface area contributed by atoms with Crippen LogP contribution in [0.15, 0.2) is 18.2 Å². The standard InChI is InChI=1S/C13H15FN2O3/c14-11-2-1-3-12(10(11)8-13(18)19)16-6-4-15(9-17)5-7-16/h1-3,9H,4-8H2,(H,18,19). The van der Waals surface area contributed by atoms with E-state index in [1.807, 2.05) is 4.90 Å². The van der Waals surface area contributed by atoms with E-state index in [2.05, 4.69) is 0 Å². The SMILES string of the molecule is O=CN1CCN(c2cccc(F)c2CC(=O)O)CC1. The van der Waals surface area contributed by atoms with Gasteiger partial charge in [-0.3, -0.25) is 9.59 Å². The van der Waals surface area contributed by atoms with Crippen LogP contribution in [0.2, 0.25) is 0 Å². The third-order valence-electron chi connectivity index (χ3n) is 3.23. The monoisotopic (exact) mass is 266 g/mol. The molecule has 0 spiro atoms. The van der Waals surface area contributed by atoms with Gasteiger partial charge in [0.1, 0.15) is 5.82 Å². The van der Waals surface area contributed by atoms with Crippen LogP contribution in [0.5, 0.6) is 0 Å². The summed E-state index contributed by atoms with van der Waals surface area (Å²) in [5.41, 5.74) is 0.808. The molecule has 19 heavy (non-hydrogen) atoms. The molecule has 102 valence electrons. The van der Waals surface area contributed by atoms with Crippen molar-refractivity contribution in [2.75, 3.05) is 31.1 Å². The molecule has 0 aromatic heterocycles.